The molecule has 2 saturated carbocycles. The summed E-state index contributed by atoms with van der Waals surface area (Å²) in [5, 5.41) is 0. The standard InChI is InChI=1S/C15H18N4O3/c1-8(20)7-17-9(2)16-13-12(17)14(21)19(11-5-6-11)15(22)18(13)10-3-4-10/h10-11H,3-7H2,1-2H3. The second kappa shape index (κ2) is 4.41. The third kappa shape index (κ3) is 1.88. The second-order valence-corrected chi connectivity index (χ2v) is 6.41. The van der Waals surface area contributed by atoms with Crippen molar-refractivity contribution in [2.75, 3.05) is 0 Å². The van der Waals surface area contributed by atoms with Crippen LogP contribution in [0.5, 0.6) is 0 Å². The van der Waals surface area contributed by atoms with Crippen molar-refractivity contribution in [3.8, 4) is 0 Å². The molecule has 116 valence electrons. The topological polar surface area (TPSA) is 78.9 Å². The van der Waals surface area contributed by atoms with Crippen LogP contribution in [-0.4, -0.2) is 24.5 Å². The third-order valence-corrected chi connectivity index (χ3v) is 4.41. The maximum Gasteiger partial charge on any atom is 0.333 e. The second-order valence-electron chi connectivity index (χ2n) is 6.41. The van der Waals surface area contributed by atoms with Gasteiger partial charge < -0.3 is 4.57 Å². The number of hydrogen-bond donors (Lipinski definition) is 0. The van der Waals surface area contributed by atoms with Crippen molar-refractivity contribution in [2.24, 2.45) is 0 Å². The minimum Gasteiger partial charge on any atom is -0.315 e. The lowest BCUT2D eigenvalue weighted by Crippen LogP contribution is -2.40. The number of carbonyl (C=O) groups excluding carboxylic acids is 1. The van der Waals surface area contributed by atoms with Gasteiger partial charge >= 0.3 is 5.69 Å². The SMILES string of the molecule is CC(=O)Cn1c(C)nc2c1c(=O)n(C1CC1)c(=O)n2C1CC1. The normalized spacial score (nSPS) is 18.1. The Bertz CT molecular complexity index is 909. The van der Waals surface area contributed by atoms with Crippen molar-refractivity contribution in [1.29, 1.82) is 0 Å². The van der Waals surface area contributed by atoms with Crippen LogP contribution >= 0.6 is 0 Å². The van der Waals surface area contributed by atoms with Crippen LogP contribution in [0, 0.1) is 6.92 Å². The number of carbonyl (C=O) groups is 1. The summed E-state index contributed by atoms with van der Waals surface area (Å²) in [5.41, 5.74) is 0.287. The first-order chi connectivity index (χ1) is 10.5. The highest BCUT2D eigenvalue weighted by molar-refractivity contribution is 5.79. The van der Waals surface area contributed by atoms with E-state index >= 15 is 0 Å². The summed E-state index contributed by atoms with van der Waals surface area (Å²) in [6, 6.07) is 0.149. The van der Waals surface area contributed by atoms with Crippen molar-refractivity contribution in [3.63, 3.8) is 0 Å². The first-order valence-electron chi connectivity index (χ1n) is 7.72. The van der Waals surface area contributed by atoms with Gasteiger partial charge in [0, 0.05) is 12.1 Å². The maximum atomic E-state index is 12.8. The molecule has 2 aliphatic carbocycles. The highest BCUT2D eigenvalue weighted by atomic mass is 16.2. The van der Waals surface area contributed by atoms with Crippen LogP contribution in [0.25, 0.3) is 11.2 Å². The molecule has 0 unspecified atom stereocenters. The van der Waals surface area contributed by atoms with E-state index in [-0.39, 0.29) is 35.7 Å². The largest absolute Gasteiger partial charge is 0.333 e. The van der Waals surface area contributed by atoms with Gasteiger partial charge in [0.15, 0.2) is 11.2 Å². The number of Topliss-reactive ketones (excluding diaryl/α,β-unsaturated/α-hetero) is 1. The van der Waals surface area contributed by atoms with Crippen LogP contribution in [0.1, 0.15) is 50.5 Å². The molecule has 0 saturated heterocycles. The average Bonchev–Trinajstić information content (AvgIpc) is 3.30. The fraction of sp³-hybridized carbons (Fsp3) is 0.600. The highest BCUT2D eigenvalue weighted by Crippen LogP contribution is 2.37. The zero-order valence-electron chi connectivity index (χ0n) is 12.7. The van der Waals surface area contributed by atoms with Crippen molar-refractivity contribution in [1.82, 2.24) is 18.7 Å². The summed E-state index contributed by atoms with van der Waals surface area (Å²) in [6.45, 7) is 3.37. The summed E-state index contributed by atoms with van der Waals surface area (Å²) in [5.74, 6) is 0.564. The molecule has 7 heteroatoms. The smallest absolute Gasteiger partial charge is 0.315 e. The maximum absolute atomic E-state index is 12.8. The molecule has 0 aliphatic heterocycles. The summed E-state index contributed by atoms with van der Waals surface area (Å²) in [6.07, 6.45) is 3.61. The molecule has 7 nitrogen and oxygen atoms in total. The third-order valence-electron chi connectivity index (χ3n) is 4.41. The average molecular weight is 302 g/mol. The van der Waals surface area contributed by atoms with Gasteiger partial charge in [0.05, 0.1) is 6.54 Å². The number of hydrogen-bond acceptors (Lipinski definition) is 4. The molecule has 2 aromatic rings. The summed E-state index contributed by atoms with van der Waals surface area (Å²) in [7, 11) is 0. The molecule has 0 atom stereocenters. The predicted molar refractivity (Wildman–Crippen MR) is 80.2 cm³/mol. The summed E-state index contributed by atoms with van der Waals surface area (Å²) < 4.78 is 4.69. The highest BCUT2D eigenvalue weighted by Gasteiger charge is 2.35. The Morgan fingerprint density at radius 3 is 2.27 bits per heavy atom. The van der Waals surface area contributed by atoms with E-state index in [9.17, 15) is 14.4 Å². The molecule has 0 N–H and O–H groups in total. The van der Waals surface area contributed by atoms with Crippen LogP contribution < -0.4 is 11.2 Å². The van der Waals surface area contributed by atoms with E-state index in [0.717, 1.165) is 25.7 Å². The number of aromatic nitrogens is 4. The molecular weight excluding hydrogens is 284 g/mol. The molecule has 0 spiro atoms. The lowest BCUT2D eigenvalue weighted by molar-refractivity contribution is -0.117. The molecule has 2 fully saturated rings. The van der Waals surface area contributed by atoms with E-state index in [1.165, 1.54) is 11.5 Å². The van der Waals surface area contributed by atoms with Gasteiger partial charge in [-0.25, -0.2) is 9.78 Å². The van der Waals surface area contributed by atoms with Crippen LogP contribution in [0.2, 0.25) is 0 Å². The molecule has 2 aliphatic rings. The van der Waals surface area contributed by atoms with Gasteiger partial charge in [0.25, 0.3) is 5.56 Å². The molecule has 0 amide bonds. The van der Waals surface area contributed by atoms with Gasteiger partial charge in [-0.15, -0.1) is 0 Å². The molecular formula is C15H18N4O3. The quantitative estimate of drug-likeness (QED) is 0.841. The van der Waals surface area contributed by atoms with E-state index in [1.54, 1.807) is 16.1 Å². The van der Waals surface area contributed by atoms with Gasteiger partial charge in [-0.3, -0.25) is 18.7 Å². The lowest BCUT2D eigenvalue weighted by Gasteiger charge is -2.11. The Balaban J connectivity index is 2.11. The van der Waals surface area contributed by atoms with E-state index in [0.29, 0.717) is 17.0 Å². The predicted octanol–water partition coefficient (Wildman–Crippen LogP) is 0.927. The van der Waals surface area contributed by atoms with Crippen molar-refractivity contribution in [3.05, 3.63) is 26.7 Å². The Morgan fingerprint density at radius 1 is 1.14 bits per heavy atom. The van der Waals surface area contributed by atoms with Crippen LogP contribution in [0.4, 0.5) is 0 Å². The molecule has 0 aromatic carbocycles. The van der Waals surface area contributed by atoms with Crippen LogP contribution in [0.3, 0.4) is 0 Å². The van der Waals surface area contributed by atoms with E-state index in [1.807, 2.05) is 0 Å². The van der Waals surface area contributed by atoms with Crippen molar-refractivity contribution in [2.45, 2.75) is 58.2 Å². The van der Waals surface area contributed by atoms with Gasteiger partial charge in [-0.1, -0.05) is 0 Å². The Kier molecular flexibility index (Phi) is 2.70. The molecule has 4 rings (SSSR count). The first-order valence-corrected chi connectivity index (χ1v) is 7.72. The fourth-order valence-electron chi connectivity index (χ4n) is 3.07. The van der Waals surface area contributed by atoms with E-state index in [2.05, 4.69) is 4.98 Å². The number of imidazole rings is 1. The Labute approximate surface area is 126 Å². The lowest BCUT2D eigenvalue weighted by atomic mass is 10.4. The van der Waals surface area contributed by atoms with Gasteiger partial charge in [0.1, 0.15) is 11.6 Å². The van der Waals surface area contributed by atoms with Crippen LogP contribution in [-0.2, 0) is 11.3 Å². The summed E-state index contributed by atoms with van der Waals surface area (Å²) >= 11 is 0. The number of nitrogens with zero attached hydrogens (tertiary/aromatic N) is 4. The Hall–Kier alpha value is -2.18. The minimum atomic E-state index is -0.304. The monoisotopic (exact) mass is 302 g/mol. The summed E-state index contributed by atoms with van der Waals surface area (Å²) in [4.78, 5) is 41.5. The van der Waals surface area contributed by atoms with E-state index < -0.39 is 0 Å². The van der Waals surface area contributed by atoms with Crippen molar-refractivity contribution < 1.29 is 4.79 Å². The molecule has 22 heavy (non-hydrogen) atoms. The van der Waals surface area contributed by atoms with Crippen molar-refractivity contribution >= 4 is 16.9 Å². The van der Waals surface area contributed by atoms with Gasteiger partial charge in [0.2, 0.25) is 0 Å². The number of fused-ring (bicyclic) bond motifs is 1. The number of aryl methyl sites for hydroxylation is 1. The Morgan fingerprint density at radius 2 is 1.73 bits per heavy atom. The molecule has 2 heterocycles. The number of rotatable bonds is 4. The molecule has 2 aromatic heterocycles. The van der Waals surface area contributed by atoms with Crippen LogP contribution in [0.15, 0.2) is 9.59 Å². The zero-order chi connectivity index (χ0) is 15.6. The van der Waals surface area contributed by atoms with Gasteiger partial charge in [-0.05, 0) is 39.5 Å². The zero-order valence-corrected chi connectivity index (χ0v) is 12.7. The molecule has 0 radical (unpaired) electrons. The first kappa shape index (κ1) is 13.5. The number of ketones is 1. The molecule has 0 bridgehead atoms. The van der Waals surface area contributed by atoms with E-state index in [4.69, 9.17) is 0 Å². The minimum absolute atomic E-state index is 0.00961. The fourth-order valence-corrected chi connectivity index (χ4v) is 3.07. The van der Waals surface area contributed by atoms with Gasteiger partial charge in [-0.2, -0.15) is 0 Å².